The monoisotopic (exact) mass is 305 g/mol. The standard InChI is InChI=1S/C12H13F2NO4S/c13-8-1-7(2-9(14)3-8)10-5-20(19)6-11(16)15(10)4-12(17)18/h1,3,7,10H,2,4-6H2,(H,17,18)/t7?,10-,20?/m0/s1. The zero-order valence-electron chi connectivity index (χ0n) is 10.4. The van der Waals surface area contributed by atoms with Crippen LogP contribution >= 0.6 is 0 Å². The minimum Gasteiger partial charge on any atom is -0.480 e. The Morgan fingerprint density at radius 2 is 2.20 bits per heavy atom. The first-order valence-corrected chi connectivity index (χ1v) is 7.45. The van der Waals surface area contributed by atoms with Crippen molar-refractivity contribution >= 4 is 22.7 Å². The number of carbonyl (C=O) groups is 2. The molecule has 1 aliphatic carbocycles. The van der Waals surface area contributed by atoms with Crippen molar-refractivity contribution in [2.24, 2.45) is 5.92 Å². The van der Waals surface area contributed by atoms with Crippen LogP contribution in [0.5, 0.6) is 0 Å². The van der Waals surface area contributed by atoms with Crippen LogP contribution in [0, 0.1) is 5.92 Å². The highest BCUT2D eigenvalue weighted by Crippen LogP contribution is 2.31. The van der Waals surface area contributed by atoms with Crippen LogP contribution in [0.15, 0.2) is 23.8 Å². The van der Waals surface area contributed by atoms with E-state index >= 15 is 0 Å². The van der Waals surface area contributed by atoms with E-state index in [0.717, 1.165) is 17.1 Å². The second-order valence-electron chi connectivity index (χ2n) is 4.74. The van der Waals surface area contributed by atoms with Gasteiger partial charge in [0.05, 0.1) is 6.04 Å². The van der Waals surface area contributed by atoms with E-state index in [4.69, 9.17) is 5.11 Å². The molecular weight excluding hydrogens is 292 g/mol. The summed E-state index contributed by atoms with van der Waals surface area (Å²) in [4.78, 5) is 23.7. The Bertz CT molecular complexity index is 532. The molecule has 1 saturated heterocycles. The van der Waals surface area contributed by atoms with Gasteiger partial charge in [-0.1, -0.05) is 0 Å². The third-order valence-electron chi connectivity index (χ3n) is 3.26. The molecule has 1 heterocycles. The predicted octanol–water partition coefficient (Wildman–Crippen LogP) is 0.757. The Kier molecular flexibility index (Phi) is 4.32. The molecule has 8 heteroatoms. The number of hydrogen-bond acceptors (Lipinski definition) is 3. The van der Waals surface area contributed by atoms with Gasteiger partial charge in [-0.2, -0.15) is 0 Å². The molecule has 0 aromatic carbocycles. The molecule has 0 radical (unpaired) electrons. The number of nitrogens with zero attached hydrogens (tertiary/aromatic N) is 1. The van der Waals surface area contributed by atoms with E-state index in [0.29, 0.717) is 0 Å². The predicted molar refractivity (Wildman–Crippen MR) is 67.5 cm³/mol. The maximum atomic E-state index is 13.3. The minimum atomic E-state index is -1.44. The van der Waals surface area contributed by atoms with Gasteiger partial charge >= 0.3 is 5.97 Å². The van der Waals surface area contributed by atoms with Crippen LogP contribution in [-0.4, -0.2) is 50.2 Å². The third-order valence-corrected chi connectivity index (χ3v) is 4.54. The first-order valence-electron chi connectivity index (χ1n) is 5.96. The summed E-state index contributed by atoms with van der Waals surface area (Å²) in [6.07, 6.45) is 1.77. The molecule has 2 rings (SSSR count). The van der Waals surface area contributed by atoms with Gasteiger partial charge in [-0.05, 0) is 6.08 Å². The fourth-order valence-electron chi connectivity index (χ4n) is 2.44. The summed E-state index contributed by atoms with van der Waals surface area (Å²) in [5.74, 6) is -4.14. The fraction of sp³-hybridized carbons (Fsp3) is 0.500. The number of rotatable bonds is 3. The van der Waals surface area contributed by atoms with Crippen molar-refractivity contribution in [2.45, 2.75) is 12.5 Å². The van der Waals surface area contributed by atoms with Gasteiger partial charge in [0.1, 0.15) is 24.0 Å². The Labute approximate surface area is 116 Å². The number of carboxylic acids is 1. The maximum Gasteiger partial charge on any atom is 0.323 e. The normalized spacial score (nSPS) is 30.8. The van der Waals surface area contributed by atoms with Crippen LogP contribution in [0.3, 0.4) is 0 Å². The first kappa shape index (κ1) is 14.8. The first-order chi connectivity index (χ1) is 9.36. The molecule has 1 amide bonds. The van der Waals surface area contributed by atoms with Crippen LogP contribution in [0.4, 0.5) is 8.78 Å². The van der Waals surface area contributed by atoms with Gasteiger partial charge in [0.2, 0.25) is 5.91 Å². The lowest BCUT2D eigenvalue weighted by atomic mass is 9.91. The molecule has 1 N–H and O–H groups in total. The Hall–Kier alpha value is -1.57. The highest BCUT2D eigenvalue weighted by atomic mass is 32.2. The Balaban J connectivity index is 2.25. The Morgan fingerprint density at radius 3 is 2.80 bits per heavy atom. The topological polar surface area (TPSA) is 74.7 Å². The van der Waals surface area contributed by atoms with E-state index in [1.807, 2.05) is 0 Å². The molecule has 0 aromatic heterocycles. The van der Waals surface area contributed by atoms with E-state index in [9.17, 15) is 22.6 Å². The van der Waals surface area contributed by atoms with Gasteiger partial charge in [-0.25, -0.2) is 8.78 Å². The number of halogens is 2. The smallest absolute Gasteiger partial charge is 0.323 e. The van der Waals surface area contributed by atoms with Crippen molar-refractivity contribution < 1.29 is 27.7 Å². The van der Waals surface area contributed by atoms with Gasteiger partial charge in [-0.3, -0.25) is 13.8 Å². The molecule has 3 atom stereocenters. The average molecular weight is 305 g/mol. The van der Waals surface area contributed by atoms with Crippen LogP contribution in [0.1, 0.15) is 6.42 Å². The molecule has 0 aromatic rings. The second kappa shape index (κ2) is 5.82. The van der Waals surface area contributed by atoms with Crippen molar-refractivity contribution in [3.05, 3.63) is 23.8 Å². The van der Waals surface area contributed by atoms with Gasteiger partial charge in [-0.15, -0.1) is 0 Å². The molecule has 20 heavy (non-hydrogen) atoms. The zero-order valence-corrected chi connectivity index (χ0v) is 11.2. The van der Waals surface area contributed by atoms with Crippen LogP contribution in [0.25, 0.3) is 0 Å². The lowest BCUT2D eigenvalue weighted by molar-refractivity contribution is -0.145. The second-order valence-corrected chi connectivity index (χ2v) is 6.25. The summed E-state index contributed by atoms with van der Waals surface area (Å²) in [7, 11) is -1.44. The molecule has 0 spiro atoms. The number of amides is 1. The van der Waals surface area contributed by atoms with E-state index in [2.05, 4.69) is 0 Å². The number of carbonyl (C=O) groups excluding carboxylic acids is 1. The molecule has 110 valence electrons. The van der Waals surface area contributed by atoms with Gasteiger partial charge in [0.15, 0.2) is 0 Å². The van der Waals surface area contributed by atoms with E-state index in [1.165, 1.54) is 0 Å². The highest BCUT2D eigenvalue weighted by molar-refractivity contribution is 7.85. The van der Waals surface area contributed by atoms with E-state index in [1.54, 1.807) is 0 Å². The summed E-state index contributed by atoms with van der Waals surface area (Å²) >= 11 is 0. The van der Waals surface area contributed by atoms with Crippen LogP contribution < -0.4 is 0 Å². The number of aliphatic carboxylic acids is 1. The number of allylic oxidation sites excluding steroid dienone is 3. The molecule has 0 saturated carbocycles. The number of hydrogen-bond donors (Lipinski definition) is 1. The van der Waals surface area contributed by atoms with Gasteiger partial charge in [0.25, 0.3) is 0 Å². The van der Waals surface area contributed by atoms with Crippen molar-refractivity contribution in [3.63, 3.8) is 0 Å². The molecule has 1 aliphatic heterocycles. The zero-order chi connectivity index (χ0) is 14.9. The third kappa shape index (κ3) is 3.30. The molecule has 2 aliphatic rings. The molecule has 2 unspecified atom stereocenters. The molecule has 1 fully saturated rings. The summed E-state index contributed by atoms with van der Waals surface area (Å²) in [5, 5.41) is 8.82. The largest absolute Gasteiger partial charge is 0.480 e. The number of carboxylic acid groups (broad SMARTS) is 1. The van der Waals surface area contributed by atoms with Crippen molar-refractivity contribution in [1.82, 2.24) is 4.90 Å². The molecule has 5 nitrogen and oxygen atoms in total. The molecular formula is C12H13F2NO4S. The summed E-state index contributed by atoms with van der Waals surface area (Å²) in [6.45, 7) is -0.558. The van der Waals surface area contributed by atoms with E-state index in [-0.39, 0.29) is 17.9 Å². The lowest BCUT2D eigenvalue weighted by Crippen LogP contribution is -2.55. The molecule has 0 bridgehead atoms. The highest BCUT2D eigenvalue weighted by Gasteiger charge is 2.38. The van der Waals surface area contributed by atoms with E-state index < -0.39 is 52.8 Å². The SMILES string of the molecule is O=C(O)CN1C(=O)CS(=O)C[C@H]1C1C=C(F)C=C(F)C1. The maximum absolute atomic E-state index is 13.3. The van der Waals surface area contributed by atoms with Gasteiger partial charge < -0.3 is 10.0 Å². The van der Waals surface area contributed by atoms with Crippen molar-refractivity contribution in [3.8, 4) is 0 Å². The summed E-state index contributed by atoms with van der Waals surface area (Å²) in [6, 6.07) is -0.765. The van der Waals surface area contributed by atoms with Gasteiger partial charge in [0, 0.05) is 35.0 Å². The Morgan fingerprint density at radius 1 is 1.50 bits per heavy atom. The lowest BCUT2D eigenvalue weighted by Gasteiger charge is -2.38. The quantitative estimate of drug-likeness (QED) is 0.835. The van der Waals surface area contributed by atoms with Crippen molar-refractivity contribution in [2.75, 3.05) is 18.1 Å². The summed E-state index contributed by atoms with van der Waals surface area (Å²) < 4.78 is 38.2. The van der Waals surface area contributed by atoms with Crippen LogP contribution in [-0.2, 0) is 20.4 Å². The van der Waals surface area contributed by atoms with Crippen molar-refractivity contribution in [1.29, 1.82) is 0 Å². The van der Waals surface area contributed by atoms with Crippen LogP contribution in [0.2, 0.25) is 0 Å². The minimum absolute atomic E-state index is 0.0285. The fourth-order valence-corrected chi connectivity index (χ4v) is 3.81. The summed E-state index contributed by atoms with van der Waals surface area (Å²) in [5.41, 5.74) is 0. The average Bonchev–Trinajstić information content (AvgIpc) is 2.30.